The Balaban J connectivity index is 1.93. The molecule has 2 nitrogen and oxygen atoms in total. The van der Waals surface area contributed by atoms with Crippen molar-refractivity contribution in [2.24, 2.45) is 0 Å². The molecule has 0 N–H and O–H groups in total. The standard InChI is InChI=1S/C15H21NOS/c1-18(17)15-8-3-2-7-13(15)14-10-9-12-6-4-5-11-16(12)14/h2-3,7-8,12,14H,4-6,9-11H2,1H3/t12-,14-,18?/m0/s1. The molecule has 1 aromatic rings. The molecule has 1 aromatic carbocycles. The number of rotatable bonds is 2. The Hall–Kier alpha value is -0.670. The third kappa shape index (κ3) is 2.14. The van der Waals surface area contributed by atoms with Crippen LogP contribution < -0.4 is 0 Å². The summed E-state index contributed by atoms with van der Waals surface area (Å²) in [6.07, 6.45) is 8.41. The van der Waals surface area contributed by atoms with Crippen LogP contribution in [0.2, 0.25) is 0 Å². The van der Waals surface area contributed by atoms with Gasteiger partial charge in [-0.05, 0) is 43.9 Å². The highest BCUT2D eigenvalue weighted by Crippen LogP contribution is 2.41. The Kier molecular flexibility index (Phi) is 3.53. The number of nitrogens with zero attached hydrogens (tertiary/aromatic N) is 1. The van der Waals surface area contributed by atoms with Crippen molar-refractivity contribution in [2.75, 3.05) is 12.8 Å². The van der Waals surface area contributed by atoms with E-state index in [0.29, 0.717) is 6.04 Å². The van der Waals surface area contributed by atoms with Crippen LogP contribution in [0.5, 0.6) is 0 Å². The van der Waals surface area contributed by atoms with Crippen LogP contribution in [0.25, 0.3) is 0 Å². The lowest BCUT2D eigenvalue weighted by molar-refractivity contribution is 0.148. The lowest BCUT2D eigenvalue weighted by Crippen LogP contribution is -2.36. The van der Waals surface area contributed by atoms with Crippen LogP contribution in [-0.2, 0) is 10.8 Å². The third-order valence-electron chi connectivity index (χ3n) is 4.43. The molecule has 0 aromatic heterocycles. The molecule has 2 aliphatic rings. The van der Waals surface area contributed by atoms with Gasteiger partial charge in [0.1, 0.15) is 0 Å². The Labute approximate surface area is 112 Å². The van der Waals surface area contributed by atoms with E-state index in [1.165, 1.54) is 44.2 Å². The van der Waals surface area contributed by atoms with Crippen LogP contribution in [0.3, 0.4) is 0 Å². The monoisotopic (exact) mass is 263 g/mol. The van der Waals surface area contributed by atoms with E-state index in [1.54, 1.807) is 6.26 Å². The first-order valence-corrected chi connectivity index (χ1v) is 8.51. The highest BCUT2D eigenvalue weighted by atomic mass is 32.2. The molecular formula is C15H21NOS. The number of hydrogen-bond acceptors (Lipinski definition) is 2. The van der Waals surface area contributed by atoms with Crippen molar-refractivity contribution in [1.29, 1.82) is 0 Å². The number of benzene rings is 1. The van der Waals surface area contributed by atoms with Crippen molar-refractivity contribution in [3.63, 3.8) is 0 Å². The smallest absolute Gasteiger partial charge is 0.0501 e. The Bertz CT molecular complexity index is 460. The summed E-state index contributed by atoms with van der Waals surface area (Å²) < 4.78 is 11.9. The van der Waals surface area contributed by atoms with Crippen LogP contribution in [0.1, 0.15) is 43.7 Å². The average molecular weight is 263 g/mol. The number of piperidine rings is 1. The zero-order valence-electron chi connectivity index (χ0n) is 11.0. The minimum atomic E-state index is -0.875. The minimum Gasteiger partial charge on any atom is -0.293 e. The molecule has 3 heteroatoms. The largest absolute Gasteiger partial charge is 0.293 e. The van der Waals surface area contributed by atoms with Crippen LogP contribution in [0.15, 0.2) is 29.2 Å². The van der Waals surface area contributed by atoms with Gasteiger partial charge in [0.2, 0.25) is 0 Å². The number of fused-ring (bicyclic) bond motifs is 1. The fourth-order valence-corrected chi connectivity index (χ4v) is 4.42. The Morgan fingerprint density at radius 2 is 2.00 bits per heavy atom. The van der Waals surface area contributed by atoms with Crippen LogP contribution >= 0.6 is 0 Å². The predicted octanol–water partition coefficient (Wildman–Crippen LogP) is 3.11. The maximum Gasteiger partial charge on any atom is 0.0501 e. The van der Waals surface area contributed by atoms with Crippen LogP contribution in [-0.4, -0.2) is 28.0 Å². The first-order chi connectivity index (χ1) is 8.77. The van der Waals surface area contributed by atoms with Gasteiger partial charge in [0.05, 0.1) is 10.8 Å². The zero-order valence-corrected chi connectivity index (χ0v) is 11.8. The summed E-state index contributed by atoms with van der Waals surface area (Å²) in [6.45, 7) is 1.22. The third-order valence-corrected chi connectivity index (χ3v) is 5.43. The van der Waals surface area contributed by atoms with Gasteiger partial charge in [-0.1, -0.05) is 24.6 Å². The van der Waals surface area contributed by atoms with Crippen molar-refractivity contribution in [3.05, 3.63) is 29.8 Å². The zero-order chi connectivity index (χ0) is 12.5. The van der Waals surface area contributed by atoms with E-state index in [9.17, 15) is 4.21 Å². The molecule has 18 heavy (non-hydrogen) atoms. The van der Waals surface area contributed by atoms with Crippen LogP contribution in [0.4, 0.5) is 0 Å². The molecular weight excluding hydrogens is 242 g/mol. The van der Waals surface area contributed by atoms with E-state index in [0.717, 1.165) is 10.9 Å². The first-order valence-electron chi connectivity index (χ1n) is 6.95. The molecule has 0 radical (unpaired) electrons. The summed E-state index contributed by atoms with van der Waals surface area (Å²) in [5, 5.41) is 0. The van der Waals surface area contributed by atoms with Gasteiger partial charge >= 0.3 is 0 Å². The van der Waals surface area contributed by atoms with Crippen molar-refractivity contribution >= 4 is 10.8 Å². The summed E-state index contributed by atoms with van der Waals surface area (Å²) in [5.41, 5.74) is 1.31. The van der Waals surface area contributed by atoms with E-state index >= 15 is 0 Å². The van der Waals surface area contributed by atoms with Gasteiger partial charge in [-0.15, -0.1) is 0 Å². The van der Waals surface area contributed by atoms with E-state index < -0.39 is 10.8 Å². The molecule has 0 bridgehead atoms. The maximum absolute atomic E-state index is 11.9. The second-order valence-electron chi connectivity index (χ2n) is 5.47. The number of hydrogen-bond donors (Lipinski definition) is 0. The highest BCUT2D eigenvalue weighted by Gasteiger charge is 2.36. The van der Waals surface area contributed by atoms with E-state index in [2.05, 4.69) is 17.0 Å². The van der Waals surface area contributed by atoms with E-state index in [4.69, 9.17) is 0 Å². The molecule has 2 heterocycles. The van der Waals surface area contributed by atoms with Crippen LogP contribution in [0, 0.1) is 0 Å². The van der Waals surface area contributed by atoms with Crippen molar-refractivity contribution in [1.82, 2.24) is 4.90 Å². The van der Waals surface area contributed by atoms with Gasteiger partial charge in [0.15, 0.2) is 0 Å². The lowest BCUT2D eigenvalue weighted by Gasteiger charge is -2.34. The molecule has 1 unspecified atom stereocenters. The summed E-state index contributed by atoms with van der Waals surface area (Å²) >= 11 is 0. The fourth-order valence-electron chi connectivity index (χ4n) is 3.61. The molecule has 0 aliphatic carbocycles. The fraction of sp³-hybridized carbons (Fsp3) is 0.600. The molecule has 3 rings (SSSR count). The normalized spacial score (nSPS) is 30.1. The van der Waals surface area contributed by atoms with Gasteiger partial charge in [-0.3, -0.25) is 9.11 Å². The molecule has 0 spiro atoms. The second-order valence-corrected chi connectivity index (χ2v) is 6.82. The minimum absolute atomic E-state index is 0.510. The van der Waals surface area contributed by atoms with Gasteiger partial charge in [-0.25, -0.2) is 0 Å². The molecule has 2 saturated heterocycles. The maximum atomic E-state index is 11.9. The Morgan fingerprint density at radius 1 is 1.17 bits per heavy atom. The molecule has 0 saturated carbocycles. The predicted molar refractivity (Wildman–Crippen MR) is 75.1 cm³/mol. The van der Waals surface area contributed by atoms with Crippen molar-refractivity contribution in [2.45, 2.75) is 49.1 Å². The molecule has 3 atom stereocenters. The second kappa shape index (κ2) is 5.14. The van der Waals surface area contributed by atoms with Gasteiger partial charge < -0.3 is 0 Å². The summed E-state index contributed by atoms with van der Waals surface area (Å²) in [4.78, 5) is 3.70. The highest BCUT2D eigenvalue weighted by molar-refractivity contribution is 7.84. The van der Waals surface area contributed by atoms with Gasteiger partial charge in [0.25, 0.3) is 0 Å². The average Bonchev–Trinajstić information content (AvgIpc) is 2.82. The van der Waals surface area contributed by atoms with Crippen molar-refractivity contribution in [3.8, 4) is 0 Å². The van der Waals surface area contributed by atoms with Crippen molar-refractivity contribution < 1.29 is 4.21 Å². The SMILES string of the molecule is CS(=O)c1ccccc1[C@@H]1CC[C@@H]2CCCCN21. The molecule has 2 aliphatic heterocycles. The molecule has 2 fully saturated rings. The van der Waals surface area contributed by atoms with E-state index in [-0.39, 0.29) is 0 Å². The summed E-state index contributed by atoms with van der Waals surface area (Å²) in [7, 11) is -0.875. The quantitative estimate of drug-likeness (QED) is 0.817. The van der Waals surface area contributed by atoms with E-state index in [1.807, 2.05) is 12.1 Å². The molecule has 98 valence electrons. The topological polar surface area (TPSA) is 20.3 Å². The summed E-state index contributed by atoms with van der Waals surface area (Å²) in [6, 6.07) is 9.59. The Morgan fingerprint density at radius 3 is 2.83 bits per heavy atom. The summed E-state index contributed by atoms with van der Waals surface area (Å²) in [5.74, 6) is 0. The van der Waals surface area contributed by atoms with Gasteiger partial charge in [-0.2, -0.15) is 0 Å². The first kappa shape index (κ1) is 12.4. The van der Waals surface area contributed by atoms with Gasteiger partial charge in [0, 0.05) is 23.2 Å². The lowest BCUT2D eigenvalue weighted by atomic mass is 10.0. The molecule has 0 amide bonds.